The summed E-state index contributed by atoms with van der Waals surface area (Å²) in [5.74, 6) is -1.35. The van der Waals surface area contributed by atoms with Crippen molar-refractivity contribution in [2.24, 2.45) is 11.3 Å². The smallest absolute Gasteiger partial charge is 0.328 e. The summed E-state index contributed by atoms with van der Waals surface area (Å²) in [6, 6.07) is -0.766. The van der Waals surface area contributed by atoms with E-state index in [4.69, 9.17) is 4.74 Å². The van der Waals surface area contributed by atoms with Crippen LogP contribution in [0.15, 0.2) is 0 Å². The van der Waals surface area contributed by atoms with E-state index in [0.717, 1.165) is 6.42 Å². The van der Waals surface area contributed by atoms with Gasteiger partial charge in [0, 0.05) is 6.61 Å². The van der Waals surface area contributed by atoms with Gasteiger partial charge in [-0.2, -0.15) is 0 Å². The Labute approximate surface area is 113 Å². The fourth-order valence-electron chi connectivity index (χ4n) is 2.81. The minimum atomic E-state index is -1.35. The molecule has 1 aliphatic rings. The second kappa shape index (κ2) is 6.14. The molecular formula is C13H22N2O4. The third kappa shape index (κ3) is 2.63. The van der Waals surface area contributed by atoms with Crippen molar-refractivity contribution in [1.29, 1.82) is 0 Å². The predicted molar refractivity (Wildman–Crippen MR) is 69.3 cm³/mol. The summed E-state index contributed by atoms with van der Waals surface area (Å²) in [5.41, 5.74) is -1.35. The Morgan fingerprint density at radius 3 is 2.05 bits per heavy atom. The largest absolute Gasteiger partial charge is 0.377 e. The van der Waals surface area contributed by atoms with E-state index in [0.29, 0.717) is 13.0 Å². The molecule has 1 heterocycles. The van der Waals surface area contributed by atoms with Gasteiger partial charge in [-0.05, 0) is 26.2 Å². The highest BCUT2D eigenvalue weighted by atomic mass is 16.5. The zero-order valence-corrected chi connectivity index (χ0v) is 11.9. The molecule has 2 N–H and O–H groups in total. The molecule has 19 heavy (non-hydrogen) atoms. The highest BCUT2D eigenvalue weighted by Crippen LogP contribution is 2.38. The Kier molecular flexibility index (Phi) is 5.05. The van der Waals surface area contributed by atoms with Crippen molar-refractivity contribution < 1.29 is 19.1 Å². The number of urea groups is 1. The van der Waals surface area contributed by atoms with Crippen LogP contribution in [0.5, 0.6) is 0 Å². The molecule has 6 nitrogen and oxygen atoms in total. The standard InChI is InChI=1S/C13H22N2O4/c1-5-7-8(3)13(9(4)19-6-2)10(16)14-12(18)15-11(13)17/h8-9H,5-7H2,1-4H3,(H2,14,15,16,17,18). The summed E-state index contributed by atoms with van der Waals surface area (Å²) in [7, 11) is 0. The van der Waals surface area contributed by atoms with E-state index < -0.39 is 29.4 Å². The number of carbonyl (C=O) groups excluding carboxylic acids is 3. The van der Waals surface area contributed by atoms with Crippen LogP contribution < -0.4 is 10.6 Å². The second-order valence-electron chi connectivity index (χ2n) is 4.89. The molecule has 0 spiro atoms. The molecule has 1 fully saturated rings. The number of rotatable bonds is 6. The van der Waals surface area contributed by atoms with Gasteiger partial charge in [0.15, 0.2) is 5.41 Å². The maximum atomic E-state index is 12.3. The van der Waals surface area contributed by atoms with Crippen molar-refractivity contribution in [2.45, 2.75) is 46.6 Å². The molecule has 4 amide bonds. The van der Waals surface area contributed by atoms with Crippen molar-refractivity contribution in [2.75, 3.05) is 6.61 Å². The number of imide groups is 2. The van der Waals surface area contributed by atoms with Crippen LogP contribution in [0.1, 0.15) is 40.5 Å². The van der Waals surface area contributed by atoms with Gasteiger partial charge in [0.2, 0.25) is 11.8 Å². The Bertz CT molecular complexity index is 347. The lowest BCUT2D eigenvalue weighted by Gasteiger charge is -2.42. The Hall–Kier alpha value is -1.43. The molecule has 1 saturated heterocycles. The number of amides is 4. The molecule has 0 bridgehead atoms. The molecule has 6 heteroatoms. The fraction of sp³-hybridized carbons (Fsp3) is 0.769. The van der Waals surface area contributed by atoms with Gasteiger partial charge in [0.05, 0.1) is 6.10 Å². The van der Waals surface area contributed by atoms with Crippen LogP contribution in [0, 0.1) is 11.3 Å². The molecule has 0 aromatic carbocycles. The molecule has 108 valence electrons. The minimum absolute atomic E-state index is 0.216. The second-order valence-corrected chi connectivity index (χ2v) is 4.89. The van der Waals surface area contributed by atoms with Crippen molar-refractivity contribution in [3.05, 3.63) is 0 Å². The number of nitrogens with one attached hydrogen (secondary N) is 2. The topological polar surface area (TPSA) is 84.5 Å². The van der Waals surface area contributed by atoms with Crippen LogP contribution in [-0.4, -0.2) is 30.6 Å². The molecule has 0 saturated carbocycles. The molecule has 1 aliphatic heterocycles. The van der Waals surface area contributed by atoms with Gasteiger partial charge in [-0.1, -0.05) is 20.3 Å². The summed E-state index contributed by atoms with van der Waals surface area (Å²) in [5, 5.41) is 4.38. The van der Waals surface area contributed by atoms with Crippen LogP contribution in [0.25, 0.3) is 0 Å². The normalized spacial score (nSPS) is 21.6. The average Bonchev–Trinajstić information content (AvgIpc) is 2.28. The van der Waals surface area contributed by atoms with Crippen LogP contribution in [-0.2, 0) is 14.3 Å². The van der Waals surface area contributed by atoms with Crippen molar-refractivity contribution in [3.63, 3.8) is 0 Å². The van der Waals surface area contributed by atoms with E-state index in [9.17, 15) is 14.4 Å². The van der Waals surface area contributed by atoms with Gasteiger partial charge in [-0.15, -0.1) is 0 Å². The number of carbonyl (C=O) groups is 3. The molecule has 2 atom stereocenters. The average molecular weight is 270 g/mol. The van der Waals surface area contributed by atoms with Gasteiger partial charge >= 0.3 is 6.03 Å². The molecular weight excluding hydrogens is 248 g/mol. The molecule has 0 radical (unpaired) electrons. The van der Waals surface area contributed by atoms with E-state index in [1.807, 2.05) is 13.8 Å². The van der Waals surface area contributed by atoms with Crippen LogP contribution in [0.2, 0.25) is 0 Å². The number of barbiturate groups is 1. The number of hydrogen-bond acceptors (Lipinski definition) is 4. The minimum Gasteiger partial charge on any atom is -0.377 e. The maximum Gasteiger partial charge on any atom is 0.328 e. The summed E-state index contributed by atoms with van der Waals surface area (Å²) in [6.45, 7) is 7.73. The highest BCUT2D eigenvalue weighted by Gasteiger charge is 2.57. The van der Waals surface area contributed by atoms with Crippen LogP contribution in [0.3, 0.4) is 0 Å². The van der Waals surface area contributed by atoms with Gasteiger partial charge < -0.3 is 4.74 Å². The Morgan fingerprint density at radius 2 is 1.63 bits per heavy atom. The highest BCUT2D eigenvalue weighted by molar-refractivity contribution is 6.19. The first-order valence-electron chi connectivity index (χ1n) is 6.69. The summed E-state index contributed by atoms with van der Waals surface area (Å²) >= 11 is 0. The van der Waals surface area contributed by atoms with Crippen molar-refractivity contribution in [1.82, 2.24) is 10.6 Å². The summed E-state index contributed by atoms with van der Waals surface area (Å²) < 4.78 is 5.50. The summed E-state index contributed by atoms with van der Waals surface area (Å²) in [4.78, 5) is 35.8. The molecule has 0 aliphatic carbocycles. The third-order valence-electron chi connectivity index (χ3n) is 3.76. The SMILES string of the molecule is CCCC(C)C1(C(C)OCC)C(=O)NC(=O)NC1=O. The van der Waals surface area contributed by atoms with Crippen LogP contribution in [0.4, 0.5) is 4.79 Å². The van der Waals surface area contributed by atoms with E-state index in [1.54, 1.807) is 13.8 Å². The lowest BCUT2D eigenvalue weighted by atomic mass is 9.68. The van der Waals surface area contributed by atoms with E-state index in [2.05, 4.69) is 10.6 Å². The molecule has 1 rings (SSSR count). The summed E-state index contributed by atoms with van der Waals surface area (Å²) in [6.07, 6.45) is 0.954. The first-order chi connectivity index (χ1) is 8.91. The van der Waals surface area contributed by atoms with E-state index in [1.165, 1.54) is 0 Å². The number of hydrogen-bond donors (Lipinski definition) is 2. The van der Waals surface area contributed by atoms with Crippen molar-refractivity contribution in [3.8, 4) is 0 Å². The lowest BCUT2D eigenvalue weighted by molar-refractivity contribution is -0.161. The predicted octanol–water partition coefficient (Wildman–Crippen LogP) is 1.20. The van der Waals surface area contributed by atoms with Gasteiger partial charge in [-0.25, -0.2) is 4.79 Å². The third-order valence-corrected chi connectivity index (χ3v) is 3.76. The Balaban J connectivity index is 3.20. The zero-order valence-electron chi connectivity index (χ0n) is 11.9. The Morgan fingerprint density at radius 1 is 1.11 bits per heavy atom. The molecule has 0 aromatic rings. The van der Waals surface area contributed by atoms with E-state index in [-0.39, 0.29) is 5.92 Å². The first kappa shape index (κ1) is 15.6. The molecule has 0 aromatic heterocycles. The van der Waals surface area contributed by atoms with Gasteiger partial charge in [0.1, 0.15) is 0 Å². The molecule has 2 unspecified atom stereocenters. The van der Waals surface area contributed by atoms with Gasteiger partial charge in [-0.3, -0.25) is 20.2 Å². The van der Waals surface area contributed by atoms with Gasteiger partial charge in [0.25, 0.3) is 0 Å². The van der Waals surface area contributed by atoms with Crippen molar-refractivity contribution >= 4 is 17.8 Å². The van der Waals surface area contributed by atoms with Crippen LogP contribution >= 0.6 is 0 Å². The first-order valence-corrected chi connectivity index (χ1v) is 6.69. The zero-order chi connectivity index (χ0) is 14.6. The number of ether oxygens (including phenoxy) is 1. The maximum absolute atomic E-state index is 12.3. The lowest BCUT2D eigenvalue weighted by Crippen LogP contribution is -2.68. The van der Waals surface area contributed by atoms with E-state index >= 15 is 0 Å². The monoisotopic (exact) mass is 270 g/mol. The quantitative estimate of drug-likeness (QED) is 0.710. The fourth-order valence-corrected chi connectivity index (χ4v) is 2.81.